The van der Waals surface area contributed by atoms with Gasteiger partial charge >= 0.3 is 33.0 Å². The number of methoxy groups -OCH3 is 1. The Bertz CT molecular complexity index is 671. The van der Waals surface area contributed by atoms with E-state index in [1.165, 1.54) is 0 Å². The number of halogens is 7. The Balaban J connectivity index is 0.000000381. The Hall–Kier alpha value is -1.24. The van der Waals surface area contributed by atoms with Crippen molar-refractivity contribution in [2.75, 3.05) is 34.3 Å². The van der Waals surface area contributed by atoms with Crippen molar-refractivity contribution < 1.29 is 34.4 Å². The Morgan fingerprint density at radius 1 is 1.00 bits per heavy atom. The van der Waals surface area contributed by atoms with Gasteiger partial charge in [0.1, 0.15) is 13.1 Å². The van der Waals surface area contributed by atoms with Gasteiger partial charge in [-0.15, -0.1) is 0 Å². The molecular formula is C15H19ClF6NOP. The summed E-state index contributed by atoms with van der Waals surface area (Å²) in [6.45, 7) is 1.78. The van der Waals surface area contributed by atoms with Gasteiger partial charge in [-0.25, -0.2) is 0 Å². The fourth-order valence-corrected chi connectivity index (χ4v) is 2.96. The molecule has 1 aromatic carbocycles. The molecule has 0 N–H and O–H groups in total. The van der Waals surface area contributed by atoms with E-state index in [0.29, 0.717) is 0 Å². The molecule has 10 heteroatoms. The van der Waals surface area contributed by atoms with Crippen molar-refractivity contribution in [1.29, 1.82) is 0 Å². The Labute approximate surface area is 147 Å². The van der Waals surface area contributed by atoms with Crippen LogP contribution in [0.25, 0.3) is 5.57 Å². The van der Waals surface area contributed by atoms with E-state index in [4.69, 9.17) is 16.3 Å². The molecule has 0 saturated carbocycles. The van der Waals surface area contributed by atoms with Crippen LogP contribution in [-0.4, -0.2) is 38.8 Å². The molecule has 0 radical (unpaired) electrons. The first-order valence-electron chi connectivity index (χ1n) is 7.03. The summed E-state index contributed by atoms with van der Waals surface area (Å²) in [7, 11) is -4.63. The summed E-state index contributed by atoms with van der Waals surface area (Å²) >= 11 is 6.50. The third-order valence-corrected chi connectivity index (χ3v) is 3.39. The summed E-state index contributed by atoms with van der Waals surface area (Å²) < 4.78 is 65.3. The van der Waals surface area contributed by atoms with E-state index in [9.17, 15) is 25.2 Å². The van der Waals surface area contributed by atoms with E-state index < -0.39 is 7.81 Å². The first-order valence-corrected chi connectivity index (χ1v) is 9.44. The first-order chi connectivity index (χ1) is 11.0. The van der Waals surface area contributed by atoms with Gasteiger partial charge < -0.3 is 9.22 Å². The van der Waals surface area contributed by atoms with Crippen LogP contribution < -0.4 is 0 Å². The molecule has 0 aliphatic carbocycles. The maximum atomic E-state index is 9.87. The van der Waals surface area contributed by atoms with Crippen molar-refractivity contribution >= 4 is 25.0 Å². The molecule has 1 aromatic rings. The molecule has 1 aliphatic heterocycles. The number of likely N-dealkylation sites (N-methyl/N-ethyl adjacent to an activating group) is 1. The molecule has 0 atom stereocenters. The number of hydrogen-bond acceptors (Lipinski definition) is 1. The summed E-state index contributed by atoms with van der Waals surface area (Å²) in [6.07, 6.45) is 1.81. The topological polar surface area (TPSA) is 9.23 Å². The summed E-state index contributed by atoms with van der Waals surface area (Å²) in [5.41, 5.74) is 3.44. The van der Waals surface area contributed by atoms with Crippen LogP contribution in [0.5, 0.6) is 0 Å². The van der Waals surface area contributed by atoms with Crippen molar-refractivity contribution in [2.45, 2.75) is 0 Å². The van der Waals surface area contributed by atoms with Crippen LogP contribution in [0.3, 0.4) is 0 Å². The molecule has 0 amide bonds. The molecular weight excluding hydrogens is 391 g/mol. The van der Waals surface area contributed by atoms with E-state index in [2.05, 4.69) is 26.2 Å². The van der Waals surface area contributed by atoms with Gasteiger partial charge in [0, 0.05) is 11.1 Å². The van der Waals surface area contributed by atoms with Gasteiger partial charge in [-0.05, 0) is 5.56 Å². The van der Waals surface area contributed by atoms with Crippen molar-refractivity contribution in [3.8, 4) is 0 Å². The van der Waals surface area contributed by atoms with Gasteiger partial charge in [-0.1, -0.05) is 41.9 Å². The van der Waals surface area contributed by atoms with Crippen molar-refractivity contribution in [3.63, 3.8) is 0 Å². The fourth-order valence-electron chi connectivity index (χ4n) is 2.41. The van der Waals surface area contributed by atoms with Gasteiger partial charge in [0.05, 0.1) is 32.5 Å². The Morgan fingerprint density at radius 3 is 1.92 bits per heavy atom. The molecule has 0 fully saturated rings. The van der Waals surface area contributed by atoms with E-state index in [1.54, 1.807) is 7.11 Å². The molecule has 0 unspecified atom stereocenters. The average Bonchev–Trinajstić information content (AvgIpc) is 2.34. The van der Waals surface area contributed by atoms with E-state index in [0.717, 1.165) is 39.3 Å². The van der Waals surface area contributed by atoms with Gasteiger partial charge in [-0.2, -0.15) is 0 Å². The molecule has 1 heterocycles. The molecule has 0 spiro atoms. The van der Waals surface area contributed by atoms with Gasteiger partial charge in [-0.3, -0.25) is 0 Å². The van der Waals surface area contributed by atoms with Gasteiger partial charge in [0.25, 0.3) is 0 Å². The molecule has 2 rings (SSSR count). The van der Waals surface area contributed by atoms with Crippen LogP contribution in [0.4, 0.5) is 25.2 Å². The van der Waals surface area contributed by atoms with Crippen molar-refractivity contribution in [2.24, 2.45) is 0 Å². The third kappa shape index (κ3) is 9.72. The Kier molecular flexibility index (Phi) is 5.66. The van der Waals surface area contributed by atoms with Crippen LogP contribution in [0.2, 0.25) is 0 Å². The minimum absolute atomic E-state index is 0.852. The predicted octanol–water partition coefficient (Wildman–Crippen LogP) is 6.64. The zero-order chi connectivity index (χ0) is 19.6. The summed E-state index contributed by atoms with van der Waals surface area (Å²) in [5.74, 6) is 0. The normalized spacial score (nSPS) is 21.8. The second kappa shape index (κ2) is 6.49. The standard InChI is InChI=1S/C15H19ClNO.F6P/c1-17(2)9-13(11-18-3)15(14(16)10-17)12-7-5-4-6-8-12;1-7(2,3,4,5)6/h4-8,11H,9-10H2,1-3H3;/q+1;-1/b13-11-;. The number of rotatable bonds is 2. The zero-order valence-corrected chi connectivity index (χ0v) is 15.5. The van der Waals surface area contributed by atoms with Crippen LogP contribution >= 0.6 is 19.4 Å². The first kappa shape index (κ1) is 21.8. The molecule has 1 aliphatic rings. The average molecular weight is 410 g/mol. The molecule has 2 nitrogen and oxygen atoms in total. The summed E-state index contributed by atoms with van der Waals surface area (Å²) in [4.78, 5) is 0. The van der Waals surface area contributed by atoms with E-state index in [1.807, 2.05) is 24.5 Å². The van der Waals surface area contributed by atoms with Gasteiger partial charge in [0.15, 0.2) is 0 Å². The number of hydrogen-bond donors (Lipinski definition) is 0. The SMILES string of the molecule is CO/C=C1/C[N+](C)(C)CC(Cl)=C1c1ccccc1.F[P-](F)(F)(F)(F)F. The predicted molar refractivity (Wildman–Crippen MR) is 89.7 cm³/mol. The van der Waals surface area contributed by atoms with Crippen molar-refractivity contribution in [3.05, 3.63) is 52.8 Å². The monoisotopic (exact) mass is 409 g/mol. The summed E-state index contributed by atoms with van der Waals surface area (Å²) in [5, 5.41) is 0.903. The molecule has 0 saturated heterocycles. The minimum atomic E-state index is -10.7. The number of quaternary nitrogens is 1. The van der Waals surface area contributed by atoms with Crippen LogP contribution in [-0.2, 0) is 4.74 Å². The molecule has 144 valence electrons. The van der Waals surface area contributed by atoms with Crippen LogP contribution in [0.1, 0.15) is 5.56 Å². The number of nitrogens with zero attached hydrogens (tertiary/aromatic N) is 1. The zero-order valence-electron chi connectivity index (χ0n) is 13.8. The fraction of sp³-hybridized carbons (Fsp3) is 0.333. The van der Waals surface area contributed by atoms with E-state index >= 15 is 0 Å². The summed E-state index contributed by atoms with van der Waals surface area (Å²) in [6, 6.07) is 10.3. The number of ether oxygens (including phenoxy) is 1. The van der Waals surface area contributed by atoms with E-state index in [-0.39, 0.29) is 0 Å². The Morgan fingerprint density at radius 2 is 1.48 bits per heavy atom. The molecule has 0 bridgehead atoms. The maximum absolute atomic E-state index is 10.7. The van der Waals surface area contributed by atoms with Crippen LogP contribution in [0, 0.1) is 0 Å². The van der Waals surface area contributed by atoms with Gasteiger partial charge in [0.2, 0.25) is 0 Å². The second-order valence-corrected chi connectivity index (χ2v) is 8.61. The van der Waals surface area contributed by atoms with Crippen LogP contribution in [0.15, 0.2) is 47.2 Å². The van der Waals surface area contributed by atoms with Crippen molar-refractivity contribution in [1.82, 2.24) is 0 Å². The number of benzene rings is 1. The third-order valence-electron chi connectivity index (χ3n) is 3.08. The molecule has 25 heavy (non-hydrogen) atoms. The molecule has 0 aromatic heterocycles. The second-order valence-electron chi connectivity index (χ2n) is 6.23. The quantitative estimate of drug-likeness (QED) is 0.230.